The summed E-state index contributed by atoms with van der Waals surface area (Å²) in [5, 5.41) is 14.1. The highest BCUT2D eigenvalue weighted by atomic mass is 79.9. The number of aryl methyl sites for hydroxylation is 1. The van der Waals surface area contributed by atoms with E-state index >= 15 is 0 Å². The van der Waals surface area contributed by atoms with Crippen molar-refractivity contribution in [2.24, 2.45) is 0 Å². The molecule has 7 heteroatoms. The van der Waals surface area contributed by atoms with Crippen molar-refractivity contribution < 1.29 is 9.66 Å². The topological polar surface area (TPSA) is 77.3 Å². The quantitative estimate of drug-likeness (QED) is 0.642. The van der Waals surface area contributed by atoms with Crippen molar-refractivity contribution in [1.82, 2.24) is 4.98 Å². The minimum absolute atomic E-state index is 0.0389. The zero-order valence-electron chi connectivity index (χ0n) is 11.6. The van der Waals surface area contributed by atoms with E-state index in [9.17, 15) is 10.1 Å². The second-order valence-corrected chi connectivity index (χ2v) is 5.20. The van der Waals surface area contributed by atoms with Crippen molar-refractivity contribution in [2.75, 3.05) is 11.9 Å². The van der Waals surface area contributed by atoms with Gasteiger partial charge in [-0.3, -0.25) is 10.1 Å². The Bertz CT molecular complexity index is 677. The van der Waals surface area contributed by atoms with Crippen molar-refractivity contribution in [2.45, 2.75) is 13.8 Å². The van der Waals surface area contributed by atoms with E-state index in [2.05, 4.69) is 26.2 Å². The summed E-state index contributed by atoms with van der Waals surface area (Å²) in [7, 11) is 0. The maximum atomic E-state index is 11.1. The summed E-state index contributed by atoms with van der Waals surface area (Å²) in [6.45, 7) is 4.53. The average molecular weight is 352 g/mol. The summed E-state index contributed by atoms with van der Waals surface area (Å²) in [6.07, 6.45) is 0. The molecule has 0 atom stereocenters. The van der Waals surface area contributed by atoms with Crippen molar-refractivity contribution >= 4 is 27.4 Å². The van der Waals surface area contributed by atoms with Crippen molar-refractivity contribution in [1.29, 1.82) is 0 Å². The Balaban J connectivity index is 2.40. The SMILES string of the molecule is CCNc1ccc([N+](=O)[O-])c(Oc2ccc(C)cc2Br)n1. The largest absolute Gasteiger partial charge is 0.432 e. The molecule has 1 N–H and O–H groups in total. The summed E-state index contributed by atoms with van der Waals surface area (Å²) >= 11 is 3.38. The molecule has 0 amide bonds. The van der Waals surface area contributed by atoms with Crippen molar-refractivity contribution in [3.05, 3.63) is 50.5 Å². The summed E-state index contributed by atoms with van der Waals surface area (Å²) in [4.78, 5) is 14.7. The molecule has 2 rings (SSSR count). The second-order valence-electron chi connectivity index (χ2n) is 4.34. The van der Waals surface area contributed by atoms with Crippen LogP contribution < -0.4 is 10.1 Å². The standard InChI is InChI=1S/C14H14BrN3O3/c1-3-16-13-7-5-11(18(19)20)14(17-13)21-12-6-4-9(2)8-10(12)15/h4-8H,3H2,1-2H3,(H,16,17). The van der Waals surface area contributed by atoms with Gasteiger partial charge in [-0.05, 0) is 53.5 Å². The molecule has 0 fully saturated rings. The van der Waals surface area contributed by atoms with Crippen LogP contribution in [0.2, 0.25) is 0 Å². The molecule has 0 saturated heterocycles. The summed E-state index contributed by atoms with van der Waals surface area (Å²) < 4.78 is 6.32. The molecular formula is C14H14BrN3O3. The third kappa shape index (κ3) is 3.69. The number of nitro groups is 1. The normalized spacial score (nSPS) is 10.2. The highest BCUT2D eigenvalue weighted by Crippen LogP contribution is 2.34. The van der Waals surface area contributed by atoms with Crippen LogP contribution in [0, 0.1) is 17.0 Å². The van der Waals surface area contributed by atoms with Gasteiger partial charge < -0.3 is 10.1 Å². The lowest BCUT2D eigenvalue weighted by atomic mass is 10.2. The van der Waals surface area contributed by atoms with Crippen LogP contribution in [-0.2, 0) is 0 Å². The molecule has 1 aromatic heterocycles. The lowest BCUT2D eigenvalue weighted by Gasteiger charge is -2.09. The maximum absolute atomic E-state index is 11.1. The summed E-state index contributed by atoms with van der Waals surface area (Å²) in [5.74, 6) is 0.967. The van der Waals surface area contributed by atoms with E-state index < -0.39 is 4.92 Å². The first kappa shape index (κ1) is 15.2. The van der Waals surface area contributed by atoms with Gasteiger partial charge in [-0.15, -0.1) is 0 Å². The predicted molar refractivity (Wildman–Crippen MR) is 84.0 cm³/mol. The molecule has 2 aromatic rings. The van der Waals surface area contributed by atoms with E-state index in [4.69, 9.17) is 4.74 Å². The van der Waals surface area contributed by atoms with E-state index in [0.29, 0.717) is 22.6 Å². The Labute approximate surface area is 130 Å². The monoisotopic (exact) mass is 351 g/mol. The van der Waals surface area contributed by atoms with Gasteiger partial charge in [0.1, 0.15) is 11.6 Å². The third-order valence-electron chi connectivity index (χ3n) is 2.69. The molecule has 0 aliphatic carbocycles. The van der Waals surface area contributed by atoms with Gasteiger partial charge in [0.15, 0.2) is 0 Å². The number of benzene rings is 1. The fourth-order valence-corrected chi connectivity index (χ4v) is 2.29. The number of nitrogens with one attached hydrogen (secondary N) is 1. The van der Waals surface area contributed by atoms with Crippen LogP contribution in [-0.4, -0.2) is 16.5 Å². The molecule has 0 bridgehead atoms. The first-order chi connectivity index (χ1) is 10.0. The van der Waals surface area contributed by atoms with Gasteiger partial charge in [-0.25, -0.2) is 0 Å². The number of ether oxygens (including phenoxy) is 1. The number of anilines is 1. The number of pyridine rings is 1. The van der Waals surface area contributed by atoms with Crippen LogP contribution in [0.15, 0.2) is 34.8 Å². The van der Waals surface area contributed by atoms with E-state index in [1.807, 2.05) is 26.0 Å². The molecule has 0 unspecified atom stereocenters. The zero-order valence-corrected chi connectivity index (χ0v) is 13.2. The number of hydrogen-bond acceptors (Lipinski definition) is 5. The molecule has 0 spiro atoms. The molecule has 1 aromatic carbocycles. The molecule has 0 saturated carbocycles. The lowest BCUT2D eigenvalue weighted by Crippen LogP contribution is -2.02. The van der Waals surface area contributed by atoms with Crippen LogP contribution in [0.4, 0.5) is 11.5 Å². The van der Waals surface area contributed by atoms with Crippen LogP contribution in [0.5, 0.6) is 11.6 Å². The lowest BCUT2D eigenvalue weighted by molar-refractivity contribution is -0.386. The van der Waals surface area contributed by atoms with Crippen LogP contribution in [0.25, 0.3) is 0 Å². The number of nitrogens with zero attached hydrogens (tertiary/aromatic N) is 2. The van der Waals surface area contributed by atoms with E-state index in [-0.39, 0.29) is 11.6 Å². The average Bonchev–Trinajstić information content (AvgIpc) is 2.42. The van der Waals surface area contributed by atoms with Gasteiger partial charge in [0.2, 0.25) is 0 Å². The Morgan fingerprint density at radius 1 is 1.38 bits per heavy atom. The smallest absolute Gasteiger partial charge is 0.331 e. The van der Waals surface area contributed by atoms with E-state index in [0.717, 1.165) is 5.56 Å². The Kier molecular flexibility index (Phi) is 4.74. The second kappa shape index (κ2) is 6.53. The summed E-state index contributed by atoms with van der Waals surface area (Å²) in [5.41, 5.74) is 0.877. The van der Waals surface area contributed by atoms with Gasteiger partial charge in [0.05, 0.1) is 9.40 Å². The number of rotatable bonds is 5. The van der Waals surface area contributed by atoms with Crippen molar-refractivity contribution in [3.8, 4) is 11.6 Å². The number of aromatic nitrogens is 1. The van der Waals surface area contributed by atoms with Gasteiger partial charge in [-0.2, -0.15) is 4.98 Å². The Morgan fingerprint density at radius 2 is 2.14 bits per heavy atom. The van der Waals surface area contributed by atoms with Gasteiger partial charge in [-0.1, -0.05) is 6.07 Å². The Morgan fingerprint density at radius 3 is 2.76 bits per heavy atom. The number of hydrogen-bond donors (Lipinski definition) is 1. The Hall–Kier alpha value is -2.15. The zero-order chi connectivity index (χ0) is 15.4. The van der Waals surface area contributed by atoms with Gasteiger partial charge in [0.25, 0.3) is 0 Å². The van der Waals surface area contributed by atoms with Gasteiger partial charge in [0, 0.05) is 12.6 Å². The van der Waals surface area contributed by atoms with Crippen LogP contribution in [0.3, 0.4) is 0 Å². The first-order valence-electron chi connectivity index (χ1n) is 6.34. The van der Waals surface area contributed by atoms with Crippen LogP contribution >= 0.6 is 15.9 Å². The number of halogens is 1. The first-order valence-corrected chi connectivity index (χ1v) is 7.14. The molecule has 110 valence electrons. The maximum Gasteiger partial charge on any atom is 0.331 e. The molecule has 0 radical (unpaired) electrons. The highest BCUT2D eigenvalue weighted by Gasteiger charge is 2.19. The molecule has 0 aliphatic heterocycles. The van der Waals surface area contributed by atoms with Crippen LogP contribution in [0.1, 0.15) is 12.5 Å². The molecular weight excluding hydrogens is 338 g/mol. The molecule has 21 heavy (non-hydrogen) atoms. The third-order valence-corrected chi connectivity index (χ3v) is 3.31. The minimum Gasteiger partial charge on any atom is -0.432 e. The molecule has 6 nitrogen and oxygen atoms in total. The van der Waals surface area contributed by atoms with Crippen molar-refractivity contribution in [3.63, 3.8) is 0 Å². The highest BCUT2D eigenvalue weighted by molar-refractivity contribution is 9.10. The van der Waals surface area contributed by atoms with Gasteiger partial charge >= 0.3 is 11.6 Å². The fraction of sp³-hybridized carbons (Fsp3) is 0.214. The summed E-state index contributed by atoms with van der Waals surface area (Å²) in [6, 6.07) is 8.40. The predicted octanol–water partition coefficient (Wildman–Crippen LogP) is 4.28. The fourth-order valence-electron chi connectivity index (χ4n) is 1.72. The molecule has 1 heterocycles. The molecule has 0 aliphatic rings. The van der Waals surface area contributed by atoms with E-state index in [1.165, 1.54) is 6.07 Å². The minimum atomic E-state index is -0.514. The van der Waals surface area contributed by atoms with E-state index in [1.54, 1.807) is 12.1 Å².